The van der Waals surface area contributed by atoms with E-state index in [9.17, 15) is 4.79 Å². The van der Waals surface area contributed by atoms with Crippen LogP contribution in [0.1, 0.15) is 59.3 Å². The Kier molecular flexibility index (Phi) is 6.13. The predicted molar refractivity (Wildman–Crippen MR) is 72.4 cm³/mol. The molecule has 0 amide bonds. The summed E-state index contributed by atoms with van der Waals surface area (Å²) in [6.45, 7) is 6.96. The lowest BCUT2D eigenvalue weighted by Gasteiger charge is -2.37. The second-order valence-electron chi connectivity index (χ2n) is 5.88. The van der Waals surface area contributed by atoms with Gasteiger partial charge in [0.2, 0.25) is 0 Å². The number of hydrogen-bond acceptors (Lipinski definition) is 3. The molecule has 1 aliphatic rings. The monoisotopic (exact) mass is 256 g/mol. The van der Waals surface area contributed by atoms with E-state index in [1.807, 2.05) is 0 Å². The Morgan fingerprint density at radius 3 is 2.33 bits per heavy atom. The molecular formula is C15H28O3. The quantitative estimate of drug-likeness (QED) is 0.538. The Balaban J connectivity index is 2.32. The minimum absolute atomic E-state index is 0.0112. The molecule has 1 saturated carbocycles. The molecule has 0 aromatic rings. The van der Waals surface area contributed by atoms with Gasteiger partial charge in [0.05, 0.1) is 18.1 Å². The van der Waals surface area contributed by atoms with Gasteiger partial charge in [0, 0.05) is 7.11 Å². The Morgan fingerprint density at radius 1 is 1.22 bits per heavy atom. The van der Waals surface area contributed by atoms with Crippen molar-refractivity contribution in [3.63, 3.8) is 0 Å². The van der Waals surface area contributed by atoms with Gasteiger partial charge in [-0.2, -0.15) is 0 Å². The van der Waals surface area contributed by atoms with Crippen molar-refractivity contribution in [2.45, 2.75) is 64.9 Å². The van der Waals surface area contributed by atoms with Crippen LogP contribution in [0.4, 0.5) is 0 Å². The van der Waals surface area contributed by atoms with Crippen LogP contribution < -0.4 is 0 Å². The first-order valence-corrected chi connectivity index (χ1v) is 7.23. The lowest BCUT2D eigenvalue weighted by atomic mass is 9.75. The number of carbonyl (C=O) groups excluding carboxylic acids is 1. The highest BCUT2D eigenvalue weighted by Crippen LogP contribution is 2.37. The van der Waals surface area contributed by atoms with Crippen LogP contribution in [0.15, 0.2) is 0 Å². The summed E-state index contributed by atoms with van der Waals surface area (Å²) in [5.74, 6) is 0.685. The molecule has 0 spiro atoms. The van der Waals surface area contributed by atoms with Crippen LogP contribution in [0, 0.1) is 11.8 Å². The topological polar surface area (TPSA) is 35.5 Å². The van der Waals surface area contributed by atoms with Crippen molar-refractivity contribution in [2.24, 2.45) is 11.8 Å². The van der Waals surface area contributed by atoms with Crippen molar-refractivity contribution in [1.29, 1.82) is 0 Å². The van der Waals surface area contributed by atoms with Crippen LogP contribution in [0.5, 0.6) is 0 Å². The van der Waals surface area contributed by atoms with Crippen LogP contribution in [0.25, 0.3) is 0 Å². The number of rotatable bonds is 6. The summed E-state index contributed by atoms with van der Waals surface area (Å²) in [5.41, 5.74) is -0.0723. The Hall–Kier alpha value is -0.570. The van der Waals surface area contributed by atoms with Crippen LogP contribution in [-0.2, 0) is 14.3 Å². The second kappa shape index (κ2) is 7.13. The molecule has 106 valence electrons. The van der Waals surface area contributed by atoms with Crippen molar-refractivity contribution in [3.05, 3.63) is 0 Å². The molecule has 18 heavy (non-hydrogen) atoms. The first-order valence-electron chi connectivity index (χ1n) is 7.23. The molecule has 1 rings (SSSR count). The van der Waals surface area contributed by atoms with E-state index in [1.165, 1.54) is 0 Å². The SMILES string of the molecule is CCCCOC(=O)[C@H]1CC[C@H](C(C)(C)OC)CC1. The molecule has 0 heterocycles. The maximum absolute atomic E-state index is 11.8. The predicted octanol–water partition coefficient (Wildman–Crippen LogP) is 3.56. The van der Waals surface area contributed by atoms with Gasteiger partial charge in [0.1, 0.15) is 0 Å². The highest BCUT2D eigenvalue weighted by Gasteiger charge is 2.35. The van der Waals surface area contributed by atoms with Gasteiger partial charge in [0.25, 0.3) is 0 Å². The normalized spacial score (nSPS) is 24.9. The van der Waals surface area contributed by atoms with Gasteiger partial charge in [-0.25, -0.2) is 0 Å². The van der Waals surface area contributed by atoms with Gasteiger partial charge in [-0.3, -0.25) is 4.79 Å². The second-order valence-corrected chi connectivity index (χ2v) is 5.88. The average Bonchev–Trinajstić information content (AvgIpc) is 2.39. The van der Waals surface area contributed by atoms with Gasteiger partial charge in [-0.15, -0.1) is 0 Å². The molecule has 1 aliphatic carbocycles. The smallest absolute Gasteiger partial charge is 0.308 e. The van der Waals surface area contributed by atoms with Gasteiger partial charge < -0.3 is 9.47 Å². The summed E-state index contributed by atoms with van der Waals surface area (Å²) < 4.78 is 10.8. The standard InChI is InChI=1S/C15H28O3/c1-5-6-11-18-14(16)12-7-9-13(10-8-12)15(2,3)17-4/h12-13H,5-11H2,1-4H3/t12-,13-. The van der Waals surface area contributed by atoms with Crippen molar-refractivity contribution in [3.8, 4) is 0 Å². The number of unbranched alkanes of at least 4 members (excludes halogenated alkanes) is 1. The van der Waals surface area contributed by atoms with Crippen molar-refractivity contribution >= 4 is 5.97 Å². The van der Waals surface area contributed by atoms with Crippen LogP contribution in [0.3, 0.4) is 0 Å². The highest BCUT2D eigenvalue weighted by atomic mass is 16.5. The molecule has 0 atom stereocenters. The number of esters is 1. The summed E-state index contributed by atoms with van der Waals surface area (Å²) in [6, 6.07) is 0. The van der Waals surface area contributed by atoms with Gasteiger partial charge in [0.15, 0.2) is 0 Å². The minimum Gasteiger partial charge on any atom is -0.465 e. The lowest BCUT2D eigenvalue weighted by molar-refractivity contribution is -0.151. The van der Waals surface area contributed by atoms with Crippen molar-refractivity contribution < 1.29 is 14.3 Å². The number of carbonyl (C=O) groups is 1. The largest absolute Gasteiger partial charge is 0.465 e. The fourth-order valence-electron chi connectivity index (χ4n) is 2.63. The molecular weight excluding hydrogens is 228 g/mol. The van der Waals surface area contributed by atoms with E-state index in [2.05, 4.69) is 20.8 Å². The molecule has 1 fully saturated rings. The molecule has 0 N–H and O–H groups in total. The van der Waals surface area contributed by atoms with E-state index in [-0.39, 0.29) is 17.5 Å². The molecule has 0 radical (unpaired) electrons. The molecule has 0 unspecified atom stereocenters. The highest BCUT2D eigenvalue weighted by molar-refractivity contribution is 5.72. The molecule has 3 heteroatoms. The van der Waals surface area contributed by atoms with Gasteiger partial charge in [-0.1, -0.05) is 13.3 Å². The van der Waals surface area contributed by atoms with Crippen LogP contribution in [0.2, 0.25) is 0 Å². The molecule has 0 bridgehead atoms. The lowest BCUT2D eigenvalue weighted by Crippen LogP contribution is -2.37. The summed E-state index contributed by atoms with van der Waals surface area (Å²) in [7, 11) is 1.77. The Bertz CT molecular complexity index is 252. The van der Waals surface area contributed by atoms with Crippen LogP contribution >= 0.6 is 0 Å². The van der Waals surface area contributed by atoms with Gasteiger partial charge in [-0.05, 0) is 51.9 Å². The molecule has 0 aromatic carbocycles. The molecule has 0 aliphatic heterocycles. The summed E-state index contributed by atoms with van der Waals surface area (Å²) in [6.07, 6.45) is 6.06. The van der Waals surface area contributed by atoms with E-state index in [1.54, 1.807) is 7.11 Å². The average molecular weight is 256 g/mol. The molecule has 0 aromatic heterocycles. The maximum Gasteiger partial charge on any atom is 0.308 e. The number of hydrogen-bond donors (Lipinski definition) is 0. The number of methoxy groups -OCH3 is 1. The Labute approximate surface area is 111 Å². The first kappa shape index (κ1) is 15.5. The van der Waals surface area contributed by atoms with E-state index in [0.29, 0.717) is 12.5 Å². The summed E-state index contributed by atoms with van der Waals surface area (Å²) in [4.78, 5) is 11.8. The van der Waals surface area contributed by atoms with E-state index in [4.69, 9.17) is 9.47 Å². The maximum atomic E-state index is 11.8. The van der Waals surface area contributed by atoms with Gasteiger partial charge >= 0.3 is 5.97 Å². The van der Waals surface area contributed by atoms with Crippen LogP contribution in [-0.4, -0.2) is 25.3 Å². The third-order valence-electron chi connectivity index (χ3n) is 4.31. The zero-order valence-electron chi connectivity index (χ0n) is 12.3. The third kappa shape index (κ3) is 4.27. The number of ether oxygens (including phenoxy) is 2. The first-order chi connectivity index (χ1) is 8.51. The van der Waals surface area contributed by atoms with Crippen molar-refractivity contribution in [1.82, 2.24) is 0 Å². The van der Waals surface area contributed by atoms with E-state index >= 15 is 0 Å². The fourth-order valence-corrected chi connectivity index (χ4v) is 2.63. The zero-order chi connectivity index (χ0) is 13.6. The Morgan fingerprint density at radius 2 is 1.83 bits per heavy atom. The summed E-state index contributed by atoms with van der Waals surface area (Å²) >= 11 is 0. The van der Waals surface area contributed by atoms with E-state index in [0.717, 1.165) is 38.5 Å². The fraction of sp³-hybridized carbons (Fsp3) is 0.933. The van der Waals surface area contributed by atoms with E-state index < -0.39 is 0 Å². The molecule has 0 saturated heterocycles. The zero-order valence-corrected chi connectivity index (χ0v) is 12.3. The minimum atomic E-state index is -0.0723. The summed E-state index contributed by atoms with van der Waals surface area (Å²) in [5, 5.41) is 0. The molecule has 3 nitrogen and oxygen atoms in total. The third-order valence-corrected chi connectivity index (χ3v) is 4.31. The van der Waals surface area contributed by atoms with Crippen molar-refractivity contribution in [2.75, 3.05) is 13.7 Å².